The van der Waals surface area contributed by atoms with Gasteiger partial charge in [0.1, 0.15) is 0 Å². The minimum atomic E-state index is -0.523. The lowest BCUT2D eigenvalue weighted by Gasteiger charge is -2.33. The fourth-order valence-corrected chi connectivity index (χ4v) is 2.62. The number of carbonyl (C=O) groups is 1. The molecule has 0 unspecified atom stereocenters. The minimum absolute atomic E-state index is 0.293. The second kappa shape index (κ2) is 2.75. The highest BCUT2D eigenvalue weighted by molar-refractivity contribution is 5.75. The number of aliphatic carboxylic acids is 1. The van der Waals surface area contributed by atoms with E-state index in [0.717, 1.165) is 38.5 Å². The van der Waals surface area contributed by atoms with E-state index in [0.29, 0.717) is 5.92 Å². The molecule has 2 saturated carbocycles. The zero-order valence-corrected chi connectivity index (χ0v) is 7.38. The second-order valence-electron chi connectivity index (χ2n) is 4.30. The van der Waals surface area contributed by atoms with Crippen molar-refractivity contribution in [2.75, 3.05) is 0 Å². The molecule has 0 radical (unpaired) electrons. The maximum Gasteiger partial charge on any atom is 0.309 e. The third-order valence-electron chi connectivity index (χ3n) is 3.53. The van der Waals surface area contributed by atoms with Crippen LogP contribution in [0.5, 0.6) is 0 Å². The topological polar surface area (TPSA) is 37.3 Å². The molecule has 68 valence electrons. The van der Waals surface area contributed by atoms with Crippen LogP contribution in [0.2, 0.25) is 0 Å². The summed E-state index contributed by atoms with van der Waals surface area (Å²) in [6, 6.07) is 0. The summed E-state index contributed by atoms with van der Waals surface area (Å²) >= 11 is 0. The summed E-state index contributed by atoms with van der Waals surface area (Å²) in [5.41, 5.74) is -0.293. The Morgan fingerprint density at radius 1 is 1.17 bits per heavy atom. The van der Waals surface area contributed by atoms with Crippen LogP contribution >= 0.6 is 0 Å². The molecule has 2 aliphatic carbocycles. The van der Waals surface area contributed by atoms with Crippen LogP contribution in [0.4, 0.5) is 0 Å². The zero-order valence-electron chi connectivity index (χ0n) is 7.38. The lowest BCUT2D eigenvalue weighted by Crippen LogP contribution is -2.35. The average molecular weight is 168 g/mol. The van der Waals surface area contributed by atoms with E-state index < -0.39 is 5.97 Å². The summed E-state index contributed by atoms with van der Waals surface area (Å²) in [6.07, 6.45) is 7.69. The first-order valence-electron chi connectivity index (χ1n) is 4.99. The normalized spacial score (nSPS) is 28.3. The van der Waals surface area contributed by atoms with Gasteiger partial charge in [-0.2, -0.15) is 0 Å². The van der Waals surface area contributed by atoms with Crippen molar-refractivity contribution in [3.63, 3.8) is 0 Å². The van der Waals surface area contributed by atoms with Gasteiger partial charge < -0.3 is 5.11 Å². The first-order valence-corrected chi connectivity index (χ1v) is 4.99. The standard InChI is InChI=1S/C10H16O2/c11-9(12)10(8-4-5-8)6-2-1-3-7-10/h8H,1-7H2,(H,11,12). The molecule has 0 aromatic carbocycles. The van der Waals surface area contributed by atoms with E-state index in [1.165, 1.54) is 6.42 Å². The summed E-state index contributed by atoms with van der Waals surface area (Å²) in [7, 11) is 0. The summed E-state index contributed by atoms with van der Waals surface area (Å²) in [4.78, 5) is 11.2. The molecule has 0 aromatic rings. The Hall–Kier alpha value is -0.530. The number of rotatable bonds is 2. The van der Waals surface area contributed by atoms with Gasteiger partial charge in [-0.1, -0.05) is 19.3 Å². The molecule has 0 amide bonds. The number of hydrogen-bond acceptors (Lipinski definition) is 1. The molecule has 2 aliphatic rings. The smallest absolute Gasteiger partial charge is 0.309 e. The molecule has 0 aliphatic heterocycles. The molecule has 2 heteroatoms. The number of hydrogen-bond donors (Lipinski definition) is 1. The second-order valence-corrected chi connectivity index (χ2v) is 4.30. The molecule has 0 spiro atoms. The first-order chi connectivity index (χ1) is 5.76. The predicted octanol–water partition coefficient (Wildman–Crippen LogP) is 2.43. The van der Waals surface area contributed by atoms with Crippen molar-refractivity contribution in [2.24, 2.45) is 11.3 Å². The van der Waals surface area contributed by atoms with E-state index in [2.05, 4.69) is 0 Å². The van der Waals surface area contributed by atoms with Gasteiger partial charge in [-0.25, -0.2) is 0 Å². The summed E-state index contributed by atoms with van der Waals surface area (Å²) in [5.74, 6) is -0.000000000000000333. The Morgan fingerprint density at radius 3 is 2.17 bits per heavy atom. The maximum atomic E-state index is 11.2. The minimum Gasteiger partial charge on any atom is -0.481 e. The third kappa shape index (κ3) is 1.13. The molecule has 2 rings (SSSR count). The van der Waals surface area contributed by atoms with Crippen LogP contribution in [0.15, 0.2) is 0 Å². The quantitative estimate of drug-likeness (QED) is 0.687. The summed E-state index contributed by atoms with van der Waals surface area (Å²) < 4.78 is 0. The van der Waals surface area contributed by atoms with Gasteiger partial charge >= 0.3 is 5.97 Å². The maximum absolute atomic E-state index is 11.2. The van der Waals surface area contributed by atoms with Crippen LogP contribution in [0.1, 0.15) is 44.9 Å². The molecular weight excluding hydrogens is 152 g/mol. The molecule has 0 heterocycles. The van der Waals surface area contributed by atoms with Gasteiger partial charge in [-0.15, -0.1) is 0 Å². The van der Waals surface area contributed by atoms with Crippen molar-refractivity contribution in [2.45, 2.75) is 44.9 Å². The molecule has 0 atom stereocenters. The highest BCUT2D eigenvalue weighted by atomic mass is 16.4. The fraction of sp³-hybridized carbons (Fsp3) is 0.900. The van der Waals surface area contributed by atoms with Crippen LogP contribution in [0.3, 0.4) is 0 Å². The molecule has 0 bridgehead atoms. The first kappa shape index (κ1) is 8.09. The monoisotopic (exact) mass is 168 g/mol. The van der Waals surface area contributed by atoms with E-state index in [1.54, 1.807) is 0 Å². The molecule has 2 fully saturated rings. The Labute approximate surface area is 73.0 Å². The van der Waals surface area contributed by atoms with E-state index in [4.69, 9.17) is 0 Å². The predicted molar refractivity (Wildman–Crippen MR) is 45.9 cm³/mol. The highest BCUT2D eigenvalue weighted by Crippen LogP contribution is 2.53. The number of carboxylic acids is 1. The van der Waals surface area contributed by atoms with Crippen LogP contribution in [0.25, 0.3) is 0 Å². The van der Waals surface area contributed by atoms with Crippen molar-refractivity contribution in [3.05, 3.63) is 0 Å². The molecule has 2 nitrogen and oxygen atoms in total. The van der Waals surface area contributed by atoms with Crippen LogP contribution in [0, 0.1) is 11.3 Å². The van der Waals surface area contributed by atoms with Gasteiger partial charge in [0.05, 0.1) is 5.41 Å². The molecule has 1 N–H and O–H groups in total. The van der Waals surface area contributed by atoms with Gasteiger partial charge in [0.15, 0.2) is 0 Å². The molecule has 12 heavy (non-hydrogen) atoms. The van der Waals surface area contributed by atoms with E-state index >= 15 is 0 Å². The van der Waals surface area contributed by atoms with Gasteiger partial charge in [0, 0.05) is 0 Å². The number of carboxylic acid groups (broad SMARTS) is 1. The van der Waals surface area contributed by atoms with Crippen molar-refractivity contribution in [1.82, 2.24) is 0 Å². The molecule has 0 aromatic heterocycles. The average Bonchev–Trinajstić information content (AvgIpc) is 2.88. The van der Waals surface area contributed by atoms with Gasteiger partial charge in [-0.05, 0) is 31.6 Å². The van der Waals surface area contributed by atoms with Crippen molar-refractivity contribution in [3.8, 4) is 0 Å². The van der Waals surface area contributed by atoms with Crippen molar-refractivity contribution >= 4 is 5.97 Å². The lowest BCUT2D eigenvalue weighted by atomic mass is 9.70. The Bertz CT molecular complexity index is 188. The SMILES string of the molecule is O=C(O)C1(C2CC2)CCCCC1. The summed E-state index contributed by atoms with van der Waals surface area (Å²) in [6.45, 7) is 0. The molecular formula is C10H16O2. The van der Waals surface area contributed by atoms with Gasteiger partial charge in [0.25, 0.3) is 0 Å². The van der Waals surface area contributed by atoms with Gasteiger partial charge in [-0.3, -0.25) is 4.79 Å². The Kier molecular flexibility index (Phi) is 1.85. The van der Waals surface area contributed by atoms with Gasteiger partial charge in [0.2, 0.25) is 0 Å². The lowest BCUT2D eigenvalue weighted by molar-refractivity contribution is -0.152. The van der Waals surface area contributed by atoms with Crippen LogP contribution < -0.4 is 0 Å². The van der Waals surface area contributed by atoms with E-state index in [9.17, 15) is 9.90 Å². The third-order valence-corrected chi connectivity index (χ3v) is 3.53. The fourth-order valence-electron chi connectivity index (χ4n) is 2.62. The van der Waals surface area contributed by atoms with Crippen LogP contribution in [-0.4, -0.2) is 11.1 Å². The highest BCUT2D eigenvalue weighted by Gasteiger charge is 2.50. The zero-order chi connectivity index (χ0) is 8.60. The summed E-state index contributed by atoms with van der Waals surface area (Å²) in [5, 5.41) is 9.20. The Morgan fingerprint density at radius 2 is 1.75 bits per heavy atom. The van der Waals surface area contributed by atoms with E-state index in [1.807, 2.05) is 0 Å². The molecule has 0 saturated heterocycles. The largest absolute Gasteiger partial charge is 0.481 e. The Balaban J connectivity index is 2.13. The van der Waals surface area contributed by atoms with Crippen molar-refractivity contribution in [1.29, 1.82) is 0 Å². The van der Waals surface area contributed by atoms with Crippen LogP contribution in [-0.2, 0) is 4.79 Å². The van der Waals surface area contributed by atoms with E-state index in [-0.39, 0.29) is 5.41 Å². The van der Waals surface area contributed by atoms with Crippen molar-refractivity contribution < 1.29 is 9.90 Å².